The van der Waals surface area contributed by atoms with E-state index >= 15 is 0 Å². The largest absolute Gasteiger partial charge is 0.398 e. The summed E-state index contributed by atoms with van der Waals surface area (Å²) in [7, 11) is 1.32. The van der Waals surface area contributed by atoms with Crippen molar-refractivity contribution in [1.82, 2.24) is 24.6 Å². The van der Waals surface area contributed by atoms with Crippen LogP contribution in [0, 0.1) is 0 Å². The van der Waals surface area contributed by atoms with Gasteiger partial charge in [0.2, 0.25) is 11.5 Å². The zero-order chi connectivity index (χ0) is 29.8. The third kappa shape index (κ3) is 5.92. The second-order valence-electron chi connectivity index (χ2n) is 9.77. The molecule has 1 fully saturated rings. The first kappa shape index (κ1) is 28.3. The molecule has 4 heterocycles. The van der Waals surface area contributed by atoms with Crippen LogP contribution < -0.4 is 11.1 Å². The molecule has 2 aliphatic rings. The van der Waals surface area contributed by atoms with Crippen molar-refractivity contribution in [2.45, 2.75) is 22.6 Å². The van der Waals surface area contributed by atoms with Gasteiger partial charge in [0.1, 0.15) is 18.5 Å². The summed E-state index contributed by atoms with van der Waals surface area (Å²) in [5, 5.41) is 6.40. The molecule has 12 heteroatoms. The van der Waals surface area contributed by atoms with E-state index in [4.69, 9.17) is 10.6 Å². The van der Waals surface area contributed by atoms with E-state index in [1.165, 1.54) is 7.11 Å². The topological polar surface area (TPSA) is 136 Å². The first-order valence-electron chi connectivity index (χ1n) is 13.4. The molecule has 3 atom stereocenters. The zero-order valence-electron chi connectivity index (χ0n) is 23.0. The number of amides is 2. The molecule has 10 nitrogen and oxygen atoms in total. The maximum Gasteiger partial charge on any atom is 0.278 e. The number of carbonyl (C=O) groups excluding carboxylic acids is 2. The summed E-state index contributed by atoms with van der Waals surface area (Å²) in [6.07, 6.45) is 9.47. The summed E-state index contributed by atoms with van der Waals surface area (Å²) < 4.78 is 4.08. The third-order valence-electron chi connectivity index (χ3n) is 7.09. The van der Waals surface area contributed by atoms with E-state index in [2.05, 4.69) is 49.1 Å². The van der Waals surface area contributed by atoms with Gasteiger partial charge in [0.15, 0.2) is 5.13 Å². The predicted octanol–water partition coefficient (Wildman–Crippen LogP) is 4.06. The average Bonchev–Trinajstić information content (AvgIpc) is 3.48. The van der Waals surface area contributed by atoms with E-state index in [0.29, 0.717) is 0 Å². The van der Waals surface area contributed by atoms with Crippen molar-refractivity contribution in [1.29, 1.82) is 0 Å². The Kier molecular flexibility index (Phi) is 8.29. The number of aromatic nitrogens is 3. The van der Waals surface area contributed by atoms with Crippen LogP contribution in [-0.2, 0) is 14.4 Å². The fraction of sp³-hybridized carbons (Fsp3) is 0.161. The van der Waals surface area contributed by atoms with E-state index in [0.717, 1.165) is 33.8 Å². The van der Waals surface area contributed by atoms with Crippen molar-refractivity contribution in [3.63, 3.8) is 0 Å². The van der Waals surface area contributed by atoms with Crippen molar-refractivity contribution < 1.29 is 14.4 Å². The molecule has 2 aliphatic heterocycles. The van der Waals surface area contributed by atoms with Gasteiger partial charge in [0, 0.05) is 41.3 Å². The number of carbonyl (C=O) groups is 2. The standard InChI is InChI=1S/C31H27N7O3S2/c1-41-36-24(27-35-31(32)43-37-27)28(39)34-25-29(40)38-18-22(15-14-19-9-8-16-33-17-19)26(42-30(25)38)23(20-10-4-2-5-11-20)21-12-6-3-7-13-21/h2-18,23,25-26,30H,1H3,(H,34,39)(H2,32,35,37)/t25?,26?,30-/m1/s1. The first-order chi connectivity index (χ1) is 21.0. The van der Waals surface area contributed by atoms with Crippen molar-refractivity contribution in [3.8, 4) is 0 Å². The normalized spacial score (nSPS) is 20.0. The number of rotatable bonds is 9. The number of benzene rings is 2. The molecule has 43 heavy (non-hydrogen) atoms. The van der Waals surface area contributed by atoms with Gasteiger partial charge in [-0.25, -0.2) is 0 Å². The molecule has 2 amide bonds. The van der Waals surface area contributed by atoms with Gasteiger partial charge >= 0.3 is 0 Å². The second-order valence-corrected chi connectivity index (χ2v) is 11.8. The van der Waals surface area contributed by atoms with Crippen LogP contribution in [-0.4, -0.2) is 60.5 Å². The first-order valence-corrected chi connectivity index (χ1v) is 15.1. The molecule has 2 unspecified atom stereocenters. The highest BCUT2D eigenvalue weighted by Crippen LogP contribution is 2.48. The number of pyridine rings is 1. The Morgan fingerprint density at radius 3 is 2.40 bits per heavy atom. The quantitative estimate of drug-likeness (QED) is 0.165. The van der Waals surface area contributed by atoms with Crippen LogP contribution in [0.1, 0.15) is 28.4 Å². The molecule has 2 aromatic carbocycles. The van der Waals surface area contributed by atoms with Crippen LogP contribution >= 0.6 is 23.3 Å². The molecule has 0 radical (unpaired) electrons. The molecule has 0 bridgehead atoms. The number of allylic oxidation sites excluding steroid dienone is 1. The van der Waals surface area contributed by atoms with Crippen LogP contribution in [0.15, 0.2) is 108 Å². The van der Waals surface area contributed by atoms with E-state index in [-0.39, 0.29) is 39.1 Å². The monoisotopic (exact) mass is 609 g/mol. The third-order valence-corrected chi connectivity index (χ3v) is 9.25. The minimum absolute atomic E-state index is 0.0285. The Balaban J connectivity index is 1.35. The van der Waals surface area contributed by atoms with Gasteiger partial charge in [-0.3, -0.25) is 14.6 Å². The Morgan fingerprint density at radius 1 is 1.07 bits per heavy atom. The molecule has 0 saturated carbocycles. The molecule has 4 aromatic rings. The highest BCUT2D eigenvalue weighted by Gasteiger charge is 2.52. The molecular formula is C31H27N7O3S2. The number of thioether (sulfide) groups is 1. The summed E-state index contributed by atoms with van der Waals surface area (Å²) >= 11 is 2.57. The summed E-state index contributed by atoms with van der Waals surface area (Å²) in [6, 6.07) is 23.7. The van der Waals surface area contributed by atoms with Crippen LogP contribution in [0.2, 0.25) is 0 Å². The molecule has 3 N–H and O–H groups in total. The zero-order valence-corrected chi connectivity index (χ0v) is 24.6. The van der Waals surface area contributed by atoms with E-state index in [9.17, 15) is 9.59 Å². The predicted molar refractivity (Wildman–Crippen MR) is 168 cm³/mol. The molecule has 0 aliphatic carbocycles. The molecule has 2 aromatic heterocycles. The van der Waals surface area contributed by atoms with Crippen molar-refractivity contribution >= 4 is 52.0 Å². The minimum Gasteiger partial charge on any atom is -0.398 e. The highest BCUT2D eigenvalue weighted by molar-refractivity contribution is 8.01. The minimum atomic E-state index is -0.787. The van der Waals surface area contributed by atoms with Gasteiger partial charge in [0.05, 0.1) is 0 Å². The Morgan fingerprint density at radius 2 is 1.79 bits per heavy atom. The number of nitrogens with zero attached hydrogens (tertiary/aromatic N) is 5. The van der Waals surface area contributed by atoms with Crippen molar-refractivity contribution in [2.75, 3.05) is 12.8 Å². The van der Waals surface area contributed by atoms with Gasteiger partial charge in [-0.2, -0.15) is 9.36 Å². The van der Waals surface area contributed by atoms with E-state index in [1.807, 2.05) is 66.9 Å². The number of oxime groups is 1. The maximum absolute atomic E-state index is 13.4. The van der Waals surface area contributed by atoms with Crippen LogP contribution in [0.4, 0.5) is 5.13 Å². The Bertz CT molecular complexity index is 1650. The number of nitrogen functional groups attached to an aromatic ring is 1. The van der Waals surface area contributed by atoms with Crippen LogP contribution in [0.25, 0.3) is 6.08 Å². The lowest BCUT2D eigenvalue weighted by Gasteiger charge is -2.50. The summed E-state index contributed by atoms with van der Waals surface area (Å²) in [5.74, 6) is -0.839. The molecule has 0 spiro atoms. The lowest BCUT2D eigenvalue weighted by atomic mass is 9.85. The molecule has 216 valence electrons. The maximum atomic E-state index is 13.4. The number of fused-ring (bicyclic) bond motifs is 1. The lowest BCUT2D eigenvalue weighted by Crippen LogP contribution is -2.69. The number of hydrogen-bond acceptors (Lipinski definition) is 10. The van der Waals surface area contributed by atoms with Gasteiger partial charge < -0.3 is 20.8 Å². The van der Waals surface area contributed by atoms with E-state index in [1.54, 1.807) is 29.1 Å². The van der Waals surface area contributed by atoms with E-state index < -0.39 is 11.9 Å². The average molecular weight is 610 g/mol. The van der Waals surface area contributed by atoms with Crippen LogP contribution in [0.3, 0.4) is 0 Å². The summed E-state index contributed by atoms with van der Waals surface area (Å²) in [6.45, 7) is 0. The summed E-state index contributed by atoms with van der Waals surface area (Å²) in [4.78, 5) is 41.5. The lowest BCUT2D eigenvalue weighted by molar-refractivity contribution is -0.143. The number of nitrogens with one attached hydrogen (secondary N) is 1. The molecular weight excluding hydrogens is 583 g/mol. The fourth-order valence-corrected chi connectivity index (χ4v) is 7.26. The Labute approximate surface area is 256 Å². The summed E-state index contributed by atoms with van der Waals surface area (Å²) in [5.41, 5.74) is 9.78. The molecule has 1 saturated heterocycles. The number of nitrogens with two attached hydrogens (primary N) is 1. The van der Waals surface area contributed by atoms with Gasteiger partial charge in [-0.05, 0) is 28.3 Å². The van der Waals surface area contributed by atoms with Gasteiger partial charge in [-0.15, -0.1) is 11.8 Å². The number of β-lactam (4-membered cyclic amide) rings is 1. The van der Waals surface area contributed by atoms with Gasteiger partial charge in [-0.1, -0.05) is 84.0 Å². The number of anilines is 1. The highest BCUT2D eigenvalue weighted by atomic mass is 32.2. The smallest absolute Gasteiger partial charge is 0.278 e. The molecule has 6 rings (SSSR count). The Hall–Kier alpha value is -4.81. The number of hydrogen-bond donors (Lipinski definition) is 2. The van der Waals surface area contributed by atoms with Crippen molar-refractivity contribution in [3.05, 3.63) is 126 Å². The van der Waals surface area contributed by atoms with Crippen molar-refractivity contribution in [2.24, 2.45) is 5.16 Å². The SMILES string of the molecule is CON=C(C(=O)NC1C(=O)N2C=C(C=Cc3cccnc3)C(C(c3ccccc3)c3ccccc3)S[C@H]12)c1nsc(N)n1. The van der Waals surface area contributed by atoms with Gasteiger partial charge in [0.25, 0.3) is 11.8 Å². The fourth-order valence-electron chi connectivity index (χ4n) is 5.12. The second kappa shape index (κ2) is 12.6. The van der Waals surface area contributed by atoms with Crippen LogP contribution in [0.5, 0.6) is 0 Å².